The second-order valence-electron chi connectivity index (χ2n) is 8.51. The third-order valence-corrected chi connectivity index (χ3v) is 5.89. The van der Waals surface area contributed by atoms with Crippen molar-refractivity contribution in [2.24, 2.45) is 5.73 Å². The minimum atomic E-state index is -1.17. The smallest absolute Gasteiger partial charge is 0.526 e. The Kier molecular flexibility index (Phi) is 5.39. The second kappa shape index (κ2) is 7.73. The molecule has 0 spiro atoms. The van der Waals surface area contributed by atoms with Crippen LogP contribution >= 0.6 is 0 Å². The van der Waals surface area contributed by atoms with Crippen LogP contribution in [0.2, 0.25) is 5.82 Å². The van der Waals surface area contributed by atoms with Crippen LogP contribution < -0.4 is 20.4 Å². The summed E-state index contributed by atoms with van der Waals surface area (Å²) in [6, 6.07) is 3.46. The highest BCUT2D eigenvalue weighted by molar-refractivity contribution is 6.48. The minimum Gasteiger partial charge on any atom is -0.535 e. The average Bonchev–Trinajstić information content (AvgIpc) is 3.45. The zero-order valence-corrected chi connectivity index (χ0v) is 16.7. The van der Waals surface area contributed by atoms with Crippen molar-refractivity contribution in [3.63, 3.8) is 0 Å². The molecule has 1 saturated carbocycles. The van der Waals surface area contributed by atoms with E-state index in [1.165, 1.54) is 0 Å². The number of rotatable bonds is 8. The van der Waals surface area contributed by atoms with Crippen molar-refractivity contribution in [2.45, 2.75) is 36.7 Å². The SMILES string of the molecule is CC(N)(CN1CC(Oc2ccc3c(c2C(=O)O)OB(O)[C@@H]2C[C@H]32)C1)C(=O)NCCO. The van der Waals surface area contributed by atoms with Gasteiger partial charge in [0.25, 0.3) is 0 Å². The predicted molar refractivity (Wildman–Crippen MR) is 107 cm³/mol. The summed E-state index contributed by atoms with van der Waals surface area (Å²) in [4.78, 5) is 25.9. The number of fused-ring (bicyclic) bond motifs is 3. The van der Waals surface area contributed by atoms with Crippen molar-refractivity contribution in [1.29, 1.82) is 0 Å². The third-order valence-electron chi connectivity index (χ3n) is 5.89. The molecule has 1 aliphatic carbocycles. The summed E-state index contributed by atoms with van der Waals surface area (Å²) in [5.74, 6) is -0.955. The number of hydrogen-bond donors (Lipinski definition) is 5. The maximum atomic E-state index is 12.1. The molecule has 30 heavy (non-hydrogen) atoms. The first-order valence-electron chi connectivity index (χ1n) is 10.0. The predicted octanol–water partition coefficient (Wildman–Crippen LogP) is -0.996. The van der Waals surface area contributed by atoms with Crippen LogP contribution in [-0.2, 0) is 4.79 Å². The van der Waals surface area contributed by atoms with Gasteiger partial charge in [-0.15, -0.1) is 0 Å². The molecule has 0 aromatic heterocycles. The fourth-order valence-corrected chi connectivity index (χ4v) is 4.21. The number of carbonyl (C=O) groups is 2. The van der Waals surface area contributed by atoms with E-state index in [0.717, 1.165) is 12.0 Å². The van der Waals surface area contributed by atoms with Crippen molar-refractivity contribution in [2.75, 3.05) is 32.8 Å². The fourth-order valence-electron chi connectivity index (χ4n) is 4.21. The molecule has 4 rings (SSSR count). The van der Waals surface area contributed by atoms with Crippen LogP contribution in [0.4, 0.5) is 0 Å². The van der Waals surface area contributed by atoms with Gasteiger partial charge in [-0.25, -0.2) is 4.79 Å². The monoisotopic (exact) mass is 419 g/mol. The largest absolute Gasteiger partial charge is 0.535 e. The summed E-state index contributed by atoms with van der Waals surface area (Å²) in [5, 5.41) is 31.1. The Balaban J connectivity index is 1.39. The van der Waals surface area contributed by atoms with Gasteiger partial charge in [0.1, 0.15) is 28.7 Å². The standard InChI is InChI=1S/C19H26BN3O7/c1-19(21,18(27)22-4-5-24)9-23-7-10(8-23)29-14-3-2-11-12-6-13(12)20(28)30-16(11)15(14)17(25)26/h2-3,10,12-13,24,28H,4-9,21H2,1H3,(H,22,27)(H,25,26)/t12-,13-,19?/m1/s1. The lowest BCUT2D eigenvalue weighted by molar-refractivity contribution is -0.127. The highest BCUT2D eigenvalue weighted by Gasteiger charge is 2.54. The third kappa shape index (κ3) is 3.85. The van der Waals surface area contributed by atoms with E-state index < -0.39 is 18.6 Å². The number of aromatic carboxylic acids is 1. The molecule has 2 aliphatic heterocycles. The van der Waals surface area contributed by atoms with E-state index >= 15 is 0 Å². The summed E-state index contributed by atoms with van der Waals surface area (Å²) < 4.78 is 11.4. The summed E-state index contributed by atoms with van der Waals surface area (Å²) in [7, 11) is -0.991. The lowest BCUT2D eigenvalue weighted by Crippen LogP contribution is -2.64. The Morgan fingerprint density at radius 2 is 2.17 bits per heavy atom. The first-order chi connectivity index (χ1) is 14.2. The van der Waals surface area contributed by atoms with Crippen LogP contribution in [0.1, 0.15) is 35.2 Å². The van der Waals surface area contributed by atoms with Gasteiger partial charge in [-0.3, -0.25) is 9.69 Å². The number of nitrogens with two attached hydrogens (primary N) is 1. The van der Waals surface area contributed by atoms with Gasteiger partial charge in [0, 0.05) is 32.0 Å². The number of carboxylic acid groups (broad SMARTS) is 1. The maximum Gasteiger partial charge on any atom is 0.526 e. The number of benzene rings is 1. The molecule has 1 saturated heterocycles. The number of hydrogen-bond acceptors (Lipinski definition) is 8. The normalized spacial score (nSPS) is 24.6. The molecule has 1 aromatic rings. The molecule has 3 atom stereocenters. The molecule has 3 aliphatic rings. The molecule has 6 N–H and O–H groups in total. The van der Waals surface area contributed by atoms with Gasteiger partial charge in [0.05, 0.1) is 6.61 Å². The maximum absolute atomic E-state index is 12.1. The number of ether oxygens (including phenoxy) is 1. The Morgan fingerprint density at radius 3 is 2.83 bits per heavy atom. The Bertz CT molecular complexity index is 859. The van der Waals surface area contributed by atoms with Gasteiger partial charge in [0.15, 0.2) is 0 Å². The van der Waals surface area contributed by atoms with Crippen LogP contribution in [0.5, 0.6) is 11.5 Å². The van der Waals surface area contributed by atoms with Gasteiger partial charge in [-0.1, -0.05) is 6.07 Å². The number of aliphatic hydroxyl groups excluding tert-OH is 1. The zero-order valence-electron chi connectivity index (χ0n) is 16.7. The number of carbonyl (C=O) groups excluding carboxylic acids is 1. The lowest BCUT2D eigenvalue weighted by atomic mass is 9.77. The van der Waals surface area contributed by atoms with Gasteiger partial charge >= 0.3 is 13.1 Å². The molecule has 1 amide bonds. The molecule has 162 valence electrons. The van der Waals surface area contributed by atoms with E-state index in [-0.39, 0.29) is 54.0 Å². The fraction of sp³-hybridized carbons (Fsp3) is 0.579. The molecule has 1 aromatic carbocycles. The first kappa shape index (κ1) is 20.9. The Hall–Kier alpha value is -2.34. The van der Waals surface area contributed by atoms with Crippen LogP contribution in [0.25, 0.3) is 0 Å². The molecule has 1 unspecified atom stereocenters. The number of aliphatic hydroxyl groups is 1. The van der Waals surface area contributed by atoms with Crippen LogP contribution in [-0.4, -0.2) is 83.6 Å². The first-order valence-corrected chi connectivity index (χ1v) is 10.0. The number of carboxylic acids is 1. The number of likely N-dealkylation sites (tertiary alicyclic amines) is 1. The van der Waals surface area contributed by atoms with E-state index in [0.29, 0.717) is 19.6 Å². The molecule has 2 fully saturated rings. The van der Waals surface area contributed by atoms with Gasteiger partial charge in [0.2, 0.25) is 5.91 Å². The minimum absolute atomic E-state index is 0.0336. The van der Waals surface area contributed by atoms with E-state index in [1.807, 2.05) is 11.0 Å². The topological polar surface area (TPSA) is 155 Å². The Labute approximate surface area is 174 Å². The van der Waals surface area contributed by atoms with Gasteiger partial charge in [-0.2, -0.15) is 0 Å². The molecule has 2 heterocycles. The average molecular weight is 419 g/mol. The molecular weight excluding hydrogens is 393 g/mol. The molecule has 0 radical (unpaired) electrons. The van der Waals surface area contributed by atoms with Crippen LogP contribution in [0.3, 0.4) is 0 Å². The summed E-state index contributed by atoms with van der Waals surface area (Å²) in [6.07, 6.45) is 0.536. The van der Waals surface area contributed by atoms with Crippen molar-refractivity contribution in [3.8, 4) is 11.5 Å². The van der Waals surface area contributed by atoms with E-state index in [1.54, 1.807) is 13.0 Å². The summed E-state index contributed by atoms with van der Waals surface area (Å²) in [6.45, 7) is 2.89. The van der Waals surface area contributed by atoms with E-state index in [2.05, 4.69) is 5.32 Å². The van der Waals surface area contributed by atoms with Crippen molar-refractivity contribution in [1.82, 2.24) is 10.2 Å². The van der Waals surface area contributed by atoms with Gasteiger partial charge in [-0.05, 0) is 30.9 Å². The number of nitrogens with one attached hydrogen (secondary N) is 1. The highest BCUT2D eigenvalue weighted by atomic mass is 16.5. The molecule has 10 nitrogen and oxygen atoms in total. The van der Waals surface area contributed by atoms with Crippen molar-refractivity contribution < 1.29 is 34.2 Å². The number of amides is 1. The van der Waals surface area contributed by atoms with E-state index in [4.69, 9.17) is 20.2 Å². The van der Waals surface area contributed by atoms with Crippen molar-refractivity contribution in [3.05, 3.63) is 23.3 Å². The quantitative estimate of drug-likeness (QED) is 0.334. The van der Waals surface area contributed by atoms with Crippen LogP contribution in [0.15, 0.2) is 12.1 Å². The van der Waals surface area contributed by atoms with Gasteiger partial charge < -0.3 is 35.7 Å². The summed E-state index contributed by atoms with van der Waals surface area (Å²) in [5.41, 5.74) is 5.70. The molecule has 0 bridgehead atoms. The zero-order chi connectivity index (χ0) is 21.6. The Morgan fingerprint density at radius 1 is 1.43 bits per heavy atom. The lowest BCUT2D eigenvalue weighted by Gasteiger charge is -2.42. The molecule has 11 heteroatoms. The molecular formula is C19H26BN3O7. The number of nitrogens with zero attached hydrogens (tertiary/aromatic N) is 1. The summed E-state index contributed by atoms with van der Waals surface area (Å²) >= 11 is 0. The highest BCUT2D eigenvalue weighted by Crippen LogP contribution is 2.60. The van der Waals surface area contributed by atoms with Crippen molar-refractivity contribution >= 4 is 19.0 Å². The second-order valence-corrected chi connectivity index (χ2v) is 8.51. The van der Waals surface area contributed by atoms with Crippen LogP contribution in [0, 0.1) is 0 Å². The van der Waals surface area contributed by atoms with E-state index in [9.17, 15) is 19.7 Å².